The molecule has 0 unspecified atom stereocenters. The van der Waals surface area contributed by atoms with E-state index in [1.165, 1.54) is 18.3 Å². The van der Waals surface area contributed by atoms with Gasteiger partial charge in [-0.3, -0.25) is 9.78 Å². The number of pyridine rings is 1. The fourth-order valence-electron chi connectivity index (χ4n) is 3.85. The van der Waals surface area contributed by atoms with Crippen molar-refractivity contribution in [1.29, 1.82) is 0 Å². The summed E-state index contributed by atoms with van der Waals surface area (Å²) in [7, 11) is 0. The fraction of sp³-hybridized carbons (Fsp3) is 0.240. The van der Waals surface area contributed by atoms with Crippen molar-refractivity contribution in [2.75, 3.05) is 31.1 Å². The summed E-state index contributed by atoms with van der Waals surface area (Å²) in [5, 5.41) is 11.6. The van der Waals surface area contributed by atoms with E-state index >= 15 is 0 Å². The molecule has 1 aromatic carbocycles. The first-order chi connectivity index (χ1) is 18.0. The maximum atomic E-state index is 13.3. The number of rotatable bonds is 3. The lowest BCUT2D eigenvalue weighted by Gasteiger charge is -2.35. The van der Waals surface area contributed by atoms with E-state index in [9.17, 15) is 22.4 Å². The van der Waals surface area contributed by atoms with Gasteiger partial charge in [0.1, 0.15) is 11.5 Å². The molecule has 1 amide bonds. The molecule has 4 heterocycles. The first-order valence-corrected chi connectivity index (χ1v) is 11.4. The van der Waals surface area contributed by atoms with Crippen LogP contribution in [0.5, 0.6) is 0 Å². The third-order valence-corrected chi connectivity index (χ3v) is 5.83. The van der Waals surface area contributed by atoms with Crippen LogP contribution in [0.3, 0.4) is 0 Å². The summed E-state index contributed by atoms with van der Waals surface area (Å²) in [6.07, 6.45) is 1.83. The van der Waals surface area contributed by atoms with E-state index in [4.69, 9.17) is 9.90 Å². The van der Waals surface area contributed by atoms with Gasteiger partial charge in [0, 0.05) is 38.6 Å². The first-order valence-electron chi connectivity index (χ1n) is 11.4. The lowest BCUT2D eigenvalue weighted by molar-refractivity contribution is -0.192. The maximum Gasteiger partial charge on any atom is 0.490 e. The highest BCUT2D eigenvalue weighted by Gasteiger charge is 2.38. The van der Waals surface area contributed by atoms with Crippen LogP contribution in [0.25, 0.3) is 16.6 Å². The molecular weight excluding hydrogens is 508 g/mol. The third kappa shape index (κ3) is 6.05. The van der Waals surface area contributed by atoms with Gasteiger partial charge in [-0.1, -0.05) is 12.1 Å². The number of amides is 1. The largest absolute Gasteiger partial charge is 0.490 e. The Morgan fingerprint density at radius 2 is 1.58 bits per heavy atom. The zero-order valence-electron chi connectivity index (χ0n) is 20.1. The van der Waals surface area contributed by atoms with Gasteiger partial charge in [-0.15, -0.1) is 0 Å². The number of aryl methyl sites for hydroxylation is 1. The van der Waals surface area contributed by atoms with Crippen LogP contribution in [-0.4, -0.2) is 73.8 Å². The Balaban J connectivity index is 0.000000426. The minimum absolute atomic E-state index is 0.0920. The second kappa shape index (κ2) is 10.8. The molecule has 1 N–H and O–H groups in total. The van der Waals surface area contributed by atoms with E-state index in [1.54, 1.807) is 18.3 Å². The molecule has 4 aromatic rings. The SMILES string of the molecule is Cc1cnc(C(=O)N2CCN(c3cnn4ccc(-c5ccc(F)cc5)cc34)CC2)cn1.O=C(O)C(F)(F)F. The summed E-state index contributed by atoms with van der Waals surface area (Å²) in [6.45, 7) is 4.45. The minimum Gasteiger partial charge on any atom is -0.475 e. The number of hydrogen-bond donors (Lipinski definition) is 1. The standard InChI is InChI=1S/C23H21FN6O.C2HF3O2/c1-16-13-26-20(14-25-16)23(31)29-10-8-28(9-11-29)22-15-27-30-7-6-18(12-21(22)30)17-2-4-19(24)5-3-17;3-2(4,5)1(6)7/h2-7,12-15H,8-11H2,1H3;(H,6,7). The Hall–Kier alpha value is -4.55. The van der Waals surface area contributed by atoms with Gasteiger partial charge in [0.05, 0.1) is 29.3 Å². The molecule has 13 heteroatoms. The predicted molar refractivity (Wildman–Crippen MR) is 129 cm³/mol. The zero-order chi connectivity index (χ0) is 27.4. The van der Waals surface area contributed by atoms with Crippen LogP contribution >= 0.6 is 0 Å². The Morgan fingerprint density at radius 3 is 2.16 bits per heavy atom. The van der Waals surface area contributed by atoms with Gasteiger partial charge < -0.3 is 14.9 Å². The summed E-state index contributed by atoms with van der Waals surface area (Å²) in [6, 6.07) is 10.5. The summed E-state index contributed by atoms with van der Waals surface area (Å²) < 4.78 is 46.8. The Bertz CT molecular complexity index is 1430. The average Bonchev–Trinajstić information content (AvgIpc) is 3.32. The molecule has 5 rings (SSSR count). The predicted octanol–water partition coefficient (Wildman–Crippen LogP) is 3.83. The number of carbonyl (C=O) groups excluding carboxylic acids is 1. The number of nitrogens with zero attached hydrogens (tertiary/aromatic N) is 6. The van der Waals surface area contributed by atoms with Crippen molar-refractivity contribution in [2.24, 2.45) is 0 Å². The summed E-state index contributed by atoms with van der Waals surface area (Å²) in [5.41, 5.74) is 5.11. The molecular formula is C25H22F4N6O3. The lowest BCUT2D eigenvalue weighted by atomic mass is 10.1. The van der Waals surface area contributed by atoms with E-state index < -0.39 is 12.1 Å². The molecule has 1 saturated heterocycles. The number of anilines is 1. The first kappa shape index (κ1) is 26.5. The van der Waals surface area contributed by atoms with E-state index in [0.717, 1.165) is 28.0 Å². The van der Waals surface area contributed by atoms with Crippen LogP contribution in [-0.2, 0) is 4.79 Å². The van der Waals surface area contributed by atoms with Gasteiger partial charge >= 0.3 is 12.1 Å². The van der Waals surface area contributed by atoms with Crippen molar-refractivity contribution < 1.29 is 32.3 Å². The molecule has 0 radical (unpaired) electrons. The van der Waals surface area contributed by atoms with Gasteiger partial charge in [-0.25, -0.2) is 18.7 Å². The second-order valence-corrected chi connectivity index (χ2v) is 8.41. The zero-order valence-corrected chi connectivity index (χ0v) is 20.1. The highest BCUT2D eigenvalue weighted by molar-refractivity contribution is 5.92. The Labute approximate surface area is 214 Å². The van der Waals surface area contributed by atoms with Gasteiger partial charge in [-0.2, -0.15) is 18.3 Å². The molecule has 0 bridgehead atoms. The molecule has 0 aliphatic carbocycles. The fourth-order valence-corrected chi connectivity index (χ4v) is 3.85. The number of carbonyl (C=O) groups is 2. The van der Waals surface area contributed by atoms with E-state index in [-0.39, 0.29) is 11.7 Å². The highest BCUT2D eigenvalue weighted by atomic mass is 19.4. The van der Waals surface area contributed by atoms with Crippen LogP contribution in [0, 0.1) is 12.7 Å². The normalized spacial score (nSPS) is 13.7. The molecule has 0 atom stereocenters. The van der Waals surface area contributed by atoms with Crippen molar-refractivity contribution in [2.45, 2.75) is 13.1 Å². The molecule has 9 nitrogen and oxygen atoms in total. The number of hydrogen-bond acceptors (Lipinski definition) is 6. The van der Waals surface area contributed by atoms with Crippen LogP contribution in [0.15, 0.2) is 61.2 Å². The molecule has 38 heavy (non-hydrogen) atoms. The van der Waals surface area contributed by atoms with Crippen LogP contribution in [0.4, 0.5) is 23.2 Å². The van der Waals surface area contributed by atoms with Crippen molar-refractivity contribution in [3.63, 3.8) is 0 Å². The van der Waals surface area contributed by atoms with Crippen LogP contribution < -0.4 is 4.90 Å². The quantitative estimate of drug-likeness (QED) is 0.402. The maximum absolute atomic E-state index is 13.3. The monoisotopic (exact) mass is 530 g/mol. The number of carboxylic acids is 1. The lowest BCUT2D eigenvalue weighted by Crippen LogP contribution is -2.49. The van der Waals surface area contributed by atoms with E-state index in [0.29, 0.717) is 31.9 Å². The highest BCUT2D eigenvalue weighted by Crippen LogP contribution is 2.28. The molecule has 3 aromatic heterocycles. The van der Waals surface area contributed by atoms with Crippen LogP contribution in [0.1, 0.15) is 16.2 Å². The van der Waals surface area contributed by atoms with E-state index in [1.807, 2.05) is 34.8 Å². The average molecular weight is 530 g/mol. The molecule has 198 valence electrons. The molecule has 1 fully saturated rings. The number of piperazine rings is 1. The van der Waals surface area contributed by atoms with Crippen molar-refractivity contribution in [3.8, 4) is 11.1 Å². The molecule has 0 saturated carbocycles. The van der Waals surface area contributed by atoms with Gasteiger partial charge in [0.15, 0.2) is 0 Å². The van der Waals surface area contributed by atoms with E-state index in [2.05, 4.69) is 26.0 Å². The number of carboxylic acid groups (broad SMARTS) is 1. The molecule has 0 spiro atoms. The van der Waals surface area contributed by atoms with Crippen molar-refractivity contribution in [3.05, 3.63) is 78.4 Å². The van der Waals surface area contributed by atoms with Gasteiger partial charge in [0.25, 0.3) is 5.91 Å². The van der Waals surface area contributed by atoms with Crippen LogP contribution in [0.2, 0.25) is 0 Å². The molecule has 1 aliphatic heterocycles. The summed E-state index contributed by atoms with van der Waals surface area (Å²) in [5.74, 6) is -3.10. The number of fused-ring (bicyclic) bond motifs is 1. The number of benzene rings is 1. The van der Waals surface area contributed by atoms with Crippen molar-refractivity contribution >= 4 is 23.1 Å². The minimum atomic E-state index is -5.08. The van der Waals surface area contributed by atoms with Gasteiger partial charge in [-0.05, 0) is 42.3 Å². The topological polar surface area (TPSA) is 104 Å². The Morgan fingerprint density at radius 1 is 0.921 bits per heavy atom. The van der Waals surface area contributed by atoms with Gasteiger partial charge in [0.2, 0.25) is 0 Å². The summed E-state index contributed by atoms with van der Waals surface area (Å²) in [4.78, 5) is 34.0. The Kier molecular flexibility index (Phi) is 7.55. The number of halogens is 4. The molecule has 1 aliphatic rings. The smallest absolute Gasteiger partial charge is 0.475 e. The number of alkyl halides is 3. The number of aromatic nitrogens is 4. The van der Waals surface area contributed by atoms with Crippen molar-refractivity contribution in [1.82, 2.24) is 24.5 Å². The third-order valence-electron chi connectivity index (χ3n) is 5.83. The summed E-state index contributed by atoms with van der Waals surface area (Å²) >= 11 is 0. The number of aliphatic carboxylic acids is 1. The second-order valence-electron chi connectivity index (χ2n) is 8.41.